The molecule has 1 aliphatic carbocycles. The fourth-order valence-electron chi connectivity index (χ4n) is 6.51. The number of para-hydroxylation sites is 3. The number of carbonyl (C=O) groups excluding carboxylic acids is 1. The van der Waals surface area contributed by atoms with Crippen molar-refractivity contribution < 1.29 is 19.6 Å². The number of likely N-dealkylation sites (N-methyl/N-ethyl adjacent to an activating group) is 1. The molecule has 0 saturated heterocycles. The number of rotatable bonds is 8. The van der Waals surface area contributed by atoms with Crippen molar-refractivity contribution in [3.8, 4) is 11.5 Å². The summed E-state index contributed by atoms with van der Waals surface area (Å²) in [5.41, 5.74) is 7.90. The van der Waals surface area contributed by atoms with Crippen LogP contribution in [0.5, 0.6) is 11.5 Å². The van der Waals surface area contributed by atoms with Crippen LogP contribution >= 0.6 is 11.8 Å². The molecule has 4 aromatic rings. The van der Waals surface area contributed by atoms with E-state index in [0.717, 1.165) is 58.2 Å². The number of phenolic OH excluding ortho intramolecular Hbond substituents is 2. The zero-order valence-corrected chi connectivity index (χ0v) is 26.2. The number of thioether (sulfide) groups is 1. The van der Waals surface area contributed by atoms with Crippen molar-refractivity contribution in [3.63, 3.8) is 0 Å². The van der Waals surface area contributed by atoms with Crippen LogP contribution in [-0.4, -0.2) is 27.1 Å². The van der Waals surface area contributed by atoms with Gasteiger partial charge in [0.1, 0.15) is 0 Å². The van der Waals surface area contributed by atoms with E-state index in [-0.39, 0.29) is 22.7 Å². The molecule has 2 aliphatic rings. The van der Waals surface area contributed by atoms with Crippen LogP contribution in [0.2, 0.25) is 0 Å². The normalized spacial score (nSPS) is 17.8. The molecule has 6 rings (SSSR count). The lowest BCUT2D eigenvalue weighted by Crippen LogP contribution is -2.36. The first-order valence-electron chi connectivity index (χ1n) is 15.0. The lowest BCUT2D eigenvalue weighted by atomic mass is 9.81. The lowest BCUT2D eigenvalue weighted by molar-refractivity contribution is -0.670. The first kappa shape index (κ1) is 28.9. The molecule has 0 spiro atoms. The summed E-state index contributed by atoms with van der Waals surface area (Å²) in [5, 5.41) is 19.9. The highest BCUT2D eigenvalue weighted by molar-refractivity contribution is 8.02. The standard InChI is InChI=1S/C36H37N3O3S/c1-6-37-27-14-10-9-13-26(27)36(4,5)32(37)20-24-34(42)25(35(24)43-22-23-17-18-30(40)31(41)19-23)21-33-38(7-2)28-15-11-12-16-29(28)39(33)8-3/h9-21,42H,6-8,22H2,1-5H3/p+1/b32-20+. The Morgan fingerprint density at radius 3 is 2.37 bits per heavy atom. The summed E-state index contributed by atoms with van der Waals surface area (Å²) in [6.07, 6.45) is 4.16. The maximum absolute atomic E-state index is 14.1. The molecular formula is C36H38N3O3S+. The highest BCUT2D eigenvalue weighted by Crippen LogP contribution is 2.50. The Kier molecular flexibility index (Phi) is 7.46. The predicted octanol–water partition coefficient (Wildman–Crippen LogP) is 7.24. The number of hydrogen-bond acceptors (Lipinski definition) is 5. The third-order valence-electron chi connectivity index (χ3n) is 8.72. The second-order valence-electron chi connectivity index (χ2n) is 11.5. The molecule has 0 radical (unpaired) electrons. The quantitative estimate of drug-likeness (QED) is 0.128. The van der Waals surface area contributed by atoms with Crippen molar-refractivity contribution in [3.05, 3.63) is 112 Å². The molecule has 1 aromatic heterocycles. The third-order valence-corrected chi connectivity index (χ3v) is 9.93. The fraction of sp³-hybridized carbons (Fsp3) is 0.278. The number of aromatic hydroxyl groups is 2. The predicted molar refractivity (Wildman–Crippen MR) is 175 cm³/mol. The van der Waals surface area contributed by atoms with Crippen molar-refractivity contribution in [1.82, 2.24) is 4.57 Å². The number of imidazole rings is 1. The van der Waals surface area contributed by atoms with E-state index in [9.17, 15) is 15.0 Å². The van der Waals surface area contributed by atoms with Crippen molar-refractivity contribution in [2.75, 3.05) is 11.4 Å². The van der Waals surface area contributed by atoms with Crippen LogP contribution in [0, 0.1) is 0 Å². The number of allylic oxidation sites excluding steroid dienone is 4. The molecule has 43 heavy (non-hydrogen) atoms. The molecule has 7 heteroatoms. The first-order chi connectivity index (χ1) is 20.7. The fourth-order valence-corrected chi connectivity index (χ4v) is 7.61. The number of anilines is 1. The summed E-state index contributed by atoms with van der Waals surface area (Å²) < 4.78 is 4.54. The van der Waals surface area contributed by atoms with Gasteiger partial charge < -0.3 is 15.1 Å². The van der Waals surface area contributed by atoms with Gasteiger partial charge in [-0.15, -0.1) is 11.8 Å². The number of ketones is 1. The second kappa shape index (κ2) is 11.1. The minimum Gasteiger partial charge on any atom is -0.504 e. The molecule has 2 heterocycles. The van der Waals surface area contributed by atoms with Gasteiger partial charge in [0.15, 0.2) is 28.3 Å². The molecule has 1 aliphatic heterocycles. The molecule has 0 saturated carbocycles. The van der Waals surface area contributed by atoms with Crippen molar-refractivity contribution >= 4 is 40.3 Å². The van der Waals surface area contributed by atoms with Crippen LogP contribution in [0.3, 0.4) is 0 Å². The zero-order valence-electron chi connectivity index (χ0n) is 25.4. The molecular weight excluding hydrogens is 554 g/mol. The van der Waals surface area contributed by atoms with E-state index in [4.69, 9.17) is 0 Å². The Bertz CT molecular complexity index is 1820. The van der Waals surface area contributed by atoms with Gasteiger partial charge in [-0.3, -0.25) is 4.79 Å². The SMILES string of the molecule is CCN1/C(=C/C2=C(SCc3ccc(O)c(O)c3)C(=C/c3n(CC)c4ccccc4[n+]3CC)/C2=O)C(C)(C)c2ccccc21. The zero-order chi connectivity index (χ0) is 30.5. The van der Waals surface area contributed by atoms with E-state index in [2.05, 4.69) is 109 Å². The highest BCUT2D eigenvalue weighted by atomic mass is 32.2. The number of benzene rings is 3. The van der Waals surface area contributed by atoms with E-state index >= 15 is 0 Å². The molecule has 0 amide bonds. The number of nitrogens with zero attached hydrogens (tertiary/aromatic N) is 3. The van der Waals surface area contributed by atoms with Crippen LogP contribution in [0.15, 0.2) is 94.6 Å². The number of aryl methyl sites for hydroxylation is 2. The Morgan fingerprint density at radius 2 is 1.65 bits per heavy atom. The van der Waals surface area contributed by atoms with E-state index in [1.165, 1.54) is 17.3 Å². The summed E-state index contributed by atoms with van der Waals surface area (Å²) in [5.74, 6) is 1.31. The highest BCUT2D eigenvalue weighted by Gasteiger charge is 2.42. The van der Waals surface area contributed by atoms with Gasteiger partial charge in [0.25, 0.3) is 5.82 Å². The summed E-state index contributed by atoms with van der Waals surface area (Å²) in [6.45, 7) is 13.2. The van der Waals surface area contributed by atoms with E-state index in [0.29, 0.717) is 11.3 Å². The Hall–Kier alpha value is -4.23. The van der Waals surface area contributed by atoms with Gasteiger partial charge in [-0.1, -0.05) is 50.2 Å². The van der Waals surface area contributed by atoms with Crippen LogP contribution in [0.1, 0.15) is 51.6 Å². The maximum atomic E-state index is 14.1. The summed E-state index contributed by atoms with van der Waals surface area (Å²) in [4.78, 5) is 17.3. The first-order valence-corrected chi connectivity index (χ1v) is 15.9. The number of aromatic nitrogens is 2. The Morgan fingerprint density at radius 1 is 0.907 bits per heavy atom. The van der Waals surface area contributed by atoms with E-state index in [1.807, 2.05) is 0 Å². The minimum atomic E-state index is -0.252. The smallest absolute Gasteiger partial charge is 0.283 e. The van der Waals surface area contributed by atoms with Gasteiger partial charge in [-0.25, -0.2) is 9.13 Å². The van der Waals surface area contributed by atoms with E-state index < -0.39 is 0 Å². The maximum Gasteiger partial charge on any atom is 0.283 e. The molecule has 220 valence electrons. The van der Waals surface area contributed by atoms with Crippen LogP contribution in [-0.2, 0) is 29.1 Å². The van der Waals surface area contributed by atoms with Gasteiger partial charge in [0.05, 0.1) is 13.1 Å². The molecule has 0 fully saturated rings. The van der Waals surface area contributed by atoms with Crippen molar-refractivity contribution in [2.24, 2.45) is 0 Å². The average molecular weight is 593 g/mol. The summed E-state index contributed by atoms with van der Waals surface area (Å²) in [7, 11) is 0. The molecule has 0 bridgehead atoms. The molecule has 0 atom stereocenters. The minimum absolute atomic E-state index is 0.0434. The second-order valence-corrected chi connectivity index (χ2v) is 12.5. The number of carbonyl (C=O) groups is 1. The molecule has 3 aromatic carbocycles. The Balaban J connectivity index is 1.49. The average Bonchev–Trinajstić information content (AvgIpc) is 3.44. The van der Waals surface area contributed by atoms with Crippen LogP contribution < -0.4 is 9.47 Å². The number of hydrogen-bond donors (Lipinski definition) is 2. The van der Waals surface area contributed by atoms with E-state index in [1.54, 1.807) is 23.9 Å². The number of fused-ring (bicyclic) bond motifs is 2. The van der Waals surface area contributed by atoms with Crippen molar-refractivity contribution in [1.29, 1.82) is 0 Å². The largest absolute Gasteiger partial charge is 0.504 e. The third kappa shape index (κ3) is 4.67. The van der Waals surface area contributed by atoms with Gasteiger partial charge in [-0.05, 0) is 68.3 Å². The monoisotopic (exact) mass is 592 g/mol. The van der Waals surface area contributed by atoms with Gasteiger partial charge >= 0.3 is 0 Å². The molecule has 0 unspecified atom stereocenters. The molecule has 2 N–H and O–H groups in total. The summed E-state index contributed by atoms with van der Waals surface area (Å²) in [6, 6.07) is 21.8. The van der Waals surface area contributed by atoms with Crippen molar-refractivity contribution in [2.45, 2.75) is 58.9 Å². The van der Waals surface area contributed by atoms with Crippen LogP contribution in [0.4, 0.5) is 5.69 Å². The van der Waals surface area contributed by atoms with Gasteiger partial charge in [0.2, 0.25) is 0 Å². The number of Topliss-reactive ketones (excluding diaryl/α,β-unsaturated/α-hetero) is 1. The van der Waals surface area contributed by atoms with Gasteiger partial charge in [0, 0.05) is 51.2 Å². The van der Waals surface area contributed by atoms with Gasteiger partial charge in [-0.2, -0.15) is 0 Å². The number of phenols is 2. The summed E-state index contributed by atoms with van der Waals surface area (Å²) >= 11 is 1.60. The Labute approximate surface area is 257 Å². The van der Waals surface area contributed by atoms with Crippen LogP contribution in [0.25, 0.3) is 17.1 Å². The molecule has 6 nitrogen and oxygen atoms in total. The topological polar surface area (TPSA) is 69.6 Å². The lowest BCUT2D eigenvalue weighted by Gasteiger charge is -2.29.